The van der Waals surface area contributed by atoms with Gasteiger partial charge in [0, 0.05) is 0 Å². The van der Waals surface area contributed by atoms with Gasteiger partial charge in [0.05, 0.1) is 10.6 Å². The number of carbonyl (C=O) groups excluding carboxylic acids is 1. The van der Waals surface area contributed by atoms with Gasteiger partial charge < -0.3 is 0 Å². The zero-order valence-corrected chi connectivity index (χ0v) is 12.3. The monoisotopic (exact) mass is 286 g/mol. The van der Waals surface area contributed by atoms with Gasteiger partial charge >= 0.3 is 0 Å². The second-order valence-corrected chi connectivity index (χ2v) is 5.39. The van der Waals surface area contributed by atoms with E-state index >= 15 is 0 Å². The van der Waals surface area contributed by atoms with Crippen molar-refractivity contribution in [1.29, 1.82) is 0 Å². The Morgan fingerprint density at radius 3 is 2.65 bits per heavy atom. The van der Waals surface area contributed by atoms with E-state index in [1.165, 1.54) is 11.3 Å². The van der Waals surface area contributed by atoms with Crippen LogP contribution in [-0.2, 0) is 0 Å². The third-order valence-corrected chi connectivity index (χ3v) is 3.78. The van der Waals surface area contributed by atoms with Gasteiger partial charge in [0.1, 0.15) is 0 Å². The first kappa shape index (κ1) is 14.5. The van der Waals surface area contributed by atoms with Crippen molar-refractivity contribution in [3.8, 4) is 0 Å². The summed E-state index contributed by atoms with van der Waals surface area (Å²) < 4.78 is 0. The predicted octanol–water partition coefficient (Wildman–Crippen LogP) is 4.07. The maximum atomic E-state index is 11.9. The van der Waals surface area contributed by atoms with Gasteiger partial charge in [-0.1, -0.05) is 49.7 Å². The van der Waals surface area contributed by atoms with Crippen molar-refractivity contribution in [2.75, 3.05) is 0 Å². The minimum Gasteiger partial charge on any atom is -0.266 e. The lowest BCUT2D eigenvalue weighted by Gasteiger charge is -2.06. The summed E-state index contributed by atoms with van der Waals surface area (Å²) in [7, 11) is 0. The van der Waals surface area contributed by atoms with Crippen molar-refractivity contribution in [1.82, 2.24) is 5.43 Å². The van der Waals surface area contributed by atoms with Crippen LogP contribution in [0.1, 0.15) is 41.4 Å². The van der Waals surface area contributed by atoms with E-state index < -0.39 is 0 Å². The molecule has 1 amide bonds. The zero-order valence-electron chi connectivity index (χ0n) is 11.5. The molecule has 104 valence electrons. The first-order valence-electron chi connectivity index (χ1n) is 6.77. The Morgan fingerprint density at radius 1 is 1.20 bits per heavy atom. The maximum Gasteiger partial charge on any atom is 0.281 e. The molecule has 2 aromatic rings. The highest BCUT2D eigenvalue weighted by Crippen LogP contribution is 2.10. The van der Waals surface area contributed by atoms with Crippen LogP contribution < -0.4 is 5.43 Å². The summed E-state index contributed by atoms with van der Waals surface area (Å²) in [6.45, 7) is 2.15. The second-order valence-electron chi connectivity index (χ2n) is 4.45. The third kappa shape index (κ3) is 4.03. The van der Waals surface area contributed by atoms with Gasteiger partial charge in [-0.05, 0) is 29.9 Å². The predicted molar refractivity (Wildman–Crippen MR) is 84.3 cm³/mol. The molecule has 0 spiro atoms. The van der Waals surface area contributed by atoms with E-state index in [1.54, 1.807) is 6.07 Å². The molecule has 0 aliphatic rings. The highest BCUT2D eigenvalue weighted by molar-refractivity contribution is 7.12. The first-order valence-corrected chi connectivity index (χ1v) is 7.65. The van der Waals surface area contributed by atoms with E-state index in [0.29, 0.717) is 4.88 Å². The minimum atomic E-state index is -0.148. The Morgan fingerprint density at radius 2 is 2.00 bits per heavy atom. The number of benzene rings is 1. The van der Waals surface area contributed by atoms with Gasteiger partial charge in [-0.15, -0.1) is 11.3 Å². The highest BCUT2D eigenvalue weighted by Gasteiger charge is 2.07. The molecule has 0 radical (unpaired) electrons. The smallest absolute Gasteiger partial charge is 0.266 e. The number of carbonyl (C=O) groups is 1. The lowest BCUT2D eigenvalue weighted by molar-refractivity contribution is 0.0959. The van der Waals surface area contributed by atoms with E-state index in [-0.39, 0.29) is 5.91 Å². The summed E-state index contributed by atoms with van der Waals surface area (Å²) in [5, 5.41) is 6.19. The largest absolute Gasteiger partial charge is 0.281 e. The van der Waals surface area contributed by atoms with Crippen molar-refractivity contribution >= 4 is 23.0 Å². The molecular formula is C16H18N2OS. The second kappa shape index (κ2) is 7.60. The molecule has 3 nitrogen and oxygen atoms in total. The minimum absolute atomic E-state index is 0.148. The fraction of sp³-hybridized carbons (Fsp3) is 0.250. The van der Waals surface area contributed by atoms with E-state index in [4.69, 9.17) is 0 Å². The van der Waals surface area contributed by atoms with E-state index in [9.17, 15) is 4.79 Å². The van der Waals surface area contributed by atoms with Crippen molar-refractivity contribution < 1.29 is 4.79 Å². The molecule has 0 aliphatic carbocycles. The van der Waals surface area contributed by atoms with Crippen LogP contribution in [0.25, 0.3) is 0 Å². The lowest BCUT2D eigenvalue weighted by atomic mass is 10.1. The summed E-state index contributed by atoms with van der Waals surface area (Å²) in [6, 6.07) is 13.6. The van der Waals surface area contributed by atoms with Crippen LogP contribution in [0.15, 0.2) is 52.9 Å². The first-order chi connectivity index (χ1) is 9.81. The molecule has 20 heavy (non-hydrogen) atoms. The topological polar surface area (TPSA) is 41.5 Å². The average Bonchev–Trinajstić information content (AvgIpc) is 3.02. The Labute approximate surface area is 123 Å². The summed E-state index contributed by atoms with van der Waals surface area (Å²) in [6.07, 6.45) is 3.03. The fourth-order valence-electron chi connectivity index (χ4n) is 1.82. The molecule has 1 heterocycles. The number of unbranched alkanes of at least 4 members (excludes halogenated alkanes) is 1. The summed E-state index contributed by atoms with van der Waals surface area (Å²) in [4.78, 5) is 12.6. The van der Waals surface area contributed by atoms with Gasteiger partial charge in [0.15, 0.2) is 0 Å². The molecule has 0 atom stereocenters. The summed E-state index contributed by atoms with van der Waals surface area (Å²) in [5.41, 5.74) is 4.64. The van der Waals surface area contributed by atoms with Gasteiger partial charge in [-0.2, -0.15) is 5.10 Å². The Bertz CT molecular complexity index is 561. The van der Waals surface area contributed by atoms with Crippen molar-refractivity contribution in [3.63, 3.8) is 0 Å². The Balaban J connectivity index is 2.10. The van der Waals surface area contributed by atoms with Crippen LogP contribution in [0.2, 0.25) is 0 Å². The molecule has 2 rings (SSSR count). The number of thiophene rings is 1. The van der Waals surface area contributed by atoms with Gasteiger partial charge in [0.2, 0.25) is 0 Å². The number of amides is 1. The lowest BCUT2D eigenvalue weighted by Crippen LogP contribution is -2.19. The molecule has 1 N–H and O–H groups in total. The average molecular weight is 286 g/mol. The Kier molecular flexibility index (Phi) is 5.50. The summed E-state index contributed by atoms with van der Waals surface area (Å²) in [5.74, 6) is -0.148. The van der Waals surface area contributed by atoms with Crippen LogP contribution >= 0.6 is 11.3 Å². The molecular weight excluding hydrogens is 268 g/mol. The van der Waals surface area contributed by atoms with Crippen LogP contribution in [-0.4, -0.2) is 11.6 Å². The van der Waals surface area contributed by atoms with Crippen molar-refractivity contribution in [3.05, 3.63) is 58.3 Å². The van der Waals surface area contributed by atoms with Crippen molar-refractivity contribution in [2.24, 2.45) is 5.10 Å². The highest BCUT2D eigenvalue weighted by atomic mass is 32.1. The molecule has 0 fully saturated rings. The van der Waals surface area contributed by atoms with Crippen molar-refractivity contribution in [2.45, 2.75) is 26.2 Å². The molecule has 1 aromatic heterocycles. The van der Waals surface area contributed by atoms with E-state index in [2.05, 4.69) is 17.5 Å². The SMILES string of the molecule is CCCCC(=NNC(=O)c1cccs1)c1ccccc1. The van der Waals surface area contributed by atoms with Crippen LogP contribution in [0, 0.1) is 0 Å². The van der Waals surface area contributed by atoms with E-state index in [1.807, 2.05) is 41.8 Å². The number of rotatable bonds is 6. The Hall–Kier alpha value is -1.94. The molecule has 1 aromatic carbocycles. The molecule has 4 heteroatoms. The van der Waals surface area contributed by atoms with Crippen LogP contribution in [0.3, 0.4) is 0 Å². The molecule has 0 bridgehead atoms. The molecule has 0 saturated carbocycles. The number of nitrogens with one attached hydrogen (secondary N) is 1. The molecule has 0 saturated heterocycles. The van der Waals surface area contributed by atoms with E-state index in [0.717, 1.165) is 30.5 Å². The molecule has 0 unspecified atom stereocenters. The number of hydrogen-bond donors (Lipinski definition) is 1. The third-order valence-electron chi connectivity index (χ3n) is 2.91. The number of hydrogen-bond acceptors (Lipinski definition) is 3. The standard InChI is InChI=1S/C16H18N2OS/c1-2-3-10-14(13-8-5-4-6-9-13)17-18-16(19)15-11-7-12-20-15/h4-9,11-12H,2-3,10H2,1H3,(H,18,19). The molecule has 0 aliphatic heterocycles. The fourth-order valence-corrected chi connectivity index (χ4v) is 2.43. The quantitative estimate of drug-likeness (QED) is 0.631. The van der Waals surface area contributed by atoms with Gasteiger partial charge in [-0.25, -0.2) is 5.43 Å². The van der Waals surface area contributed by atoms with Gasteiger partial charge in [0.25, 0.3) is 5.91 Å². The maximum absolute atomic E-state index is 11.9. The number of hydrazone groups is 1. The number of nitrogens with zero attached hydrogens (tertiary/aromatic N) is 1. The zero-order chi connectivity index (χ0) is 14.2. The van der Waals surface area contributed by atoms with Crippen LogP contribution in [0.4, 0.5) is 0 Å². The normalized spacial score (nSPS) is 11.3. The summed E-state index contributed by atoms with van der Waals surface area (Å²) >= 11 is 1.42. The van der Waals surface area contributed by atoms with Gasteiger partial charge in [-0.3, -0.25) is 4.79 Å². The van der Waals surface area contributed by atoms with Crippen LogP contribution in [0.5, 0.6) is 0 Å².